The van der Waals surface area contributed by atoms with E-state index < -0.39 is 0 Å². The van der Waals surface area contributed by atoms with Gasteiger partial charge >= 0.3 is 0 Å². The minimum Gasteiger partial charge on any atom is -0.351 e. The number of benzene rings is 1. The highest BCUT2D eigenvalue weighted by molar-refractivity contribution is 5.92. The van der Waals surface area contributed by atoms with Crippen molar-refractivity contribution < 1.29 is 4.79 Å². The van der Waals surface area contributed by atoms with Crippen molar-refractivity contribution in [3.63, 3.8) is 0 Å². The monoisotopic (exact) mass is 312 g/mol. The maximum Gasteiger partial charge on any atom is 0.270 e. The molecule has 23 heavy (non-hydrogen) atoms. The summed E-state index contributed by atoms with van der Waals surface area (Å²) in [4.78, 5) is 20.5. The average molecular weight is 312 g/mol. The number of carbonyl (C=O) groups is 1. The normalized spacial score (nSPS) is 10.3. The predicted molar refractivity (Wildman–Crippen MR) is 93.0 cm³/mol. The van der Waals surface area contributed by atoms with Gasteiger partial charge in [0.1, 0.15) is 5.69 Å². The molecule has 1 heterocycles. The van der Waals surface area contributed by atoms with E-state index in [2.05, 4.69) is 46.6 Å². The van der Waals surface area contributed by atoms with Crippen LogP contribution in [-0.2, 0) is 6.42 Å². The van der Waals surface area contributed by atoms with E-state index in [4.69, 9.17) is 0 Å². The van der Waals surface area contributed by atoms with E-state index in [1.807, 2.05) is 12.1 Å². The second-order valence-electron chi connectivity index (χ2n) is 5.40. The molecule has 0 unspecified atom stereocenters. The lowest BCUT2D eigenvalue weighted by Gasteiger charge is -2.08. The number of rotatable bonds is 8. The van der Waals surface area contributed by atoms with E-state index >= 15 is 0 Å². The molecule has 2 rings (SSSR count). The van der Waals surface area contributed by atoms with Crippen molar-refractivity contribution in [2.24, 2.45) is 0 Å². The van der Waals surface area contributed by atoms with E-state index in [1.54, 1.807) is 12.3 Å². The van der Waals surface area contributed by atoms with E-state index in [9.17, 15) is 4.79 Å². The Labute approximate surface area is 137 Å². The van der Waals surface area contributed by atoms with E-state index in [1.165, 1.54) is 5.56 Å². The highest BCUT2D eigenvalue weighted by Crippen LogP contribution is 2.14. The minimum absolute atomic E-state index is 0.159. The molecule has 0 aliphatic rings. The lowest BCUT2D eigenvalue weighted by atomic mass is 10.1. The Morgan fingerprint density at radius 2 is 1.87 bits per heavy atom. The van der Waals surface area contributed by atoms with Gasteiger partial charge in [0.25, 0.3) is 5.91 Å². The summed E-state index contributed by atoms with van der Waals surface area (Å²) in [5.41, 5.74) is 2.56. The number of hydrogen-bond donors (Lipinski definition) is 2. The van der Waals surface area contributed by atoms with Crippen molar-refractivity contribution in [2.45, 2.75) is 39.5 Å². The fraction of sp³-hybridized carbons (Fsp3) is 0.389. The van der Waals surface area contributed by atoms with Gasteiger partial charge in [-0.15, -0.1) is 0 Å². The van der Waals surface area contributed by atoms with Gasteiger partial charge < -0.3 is 10.6 Å². The molecule has 2 N–H and O–H groups in total. The standard InChI is InChI=1S/C18H24N4O/c1-3-5-6-12-19-17(23)16-11-13-20-18(22-16)21-15-9-7-14(4-2)8-10-15/h7-11,13H,3-6,12H2,1-2H3,(H,19,23)(H,20,21,22). The van der Waals surface area contributed by atoms with Crippen LogP contribution in [0.25, 0.3) is 0 Å². The highest BCUT2D eigenvalue weighted by Gasteiger charge is 2.08. The van der Waals surface area contributed by atoms with Gasteiger partial charge in [-0.05, 0) is 36.6 Å². The van der Waals surface area contributed by atoms with Crippen molar-refractivity contribution in [1.29, 1.82) is 0 Å². The molecule has 0 spiro atoms. The topological polar surface area (TPSA) is 66.9 Å². The van der Waals surface area contributed by atoms with Gasteiger partial charge in [0.2, 0.25) is 5.95 Å². The van der Waals surface area contributed by atoms with Crippen LogP contribution < -0.4 is 10.6 Å². The smallest absolute Gasteiger partial charge is 0.270 e. The summed E-state index contributed by atoms with van der Waals surface area (Å²) < 4.78 is 0. The fourth-order valence-corrected chi connectivity index (χ4v) is 2.17. The molecule has 0 aliphatic heterocycles. The summed E-state index contributed by atoms with van der Waals surface area (Å²) >= 11 is 0. The zero-order chi connectivity index (χ0) is 16.5. The van der Waals surface area contributed by atoms with Crippen LogP contribution in [0.3, 0.4) is 0 Å². The van der Waals surface area contributed by atoms with E-state index in [-0.39, 0.29) is 5.91 Å². The van der Waals surface area contributed by atoms with Gasteiger partial charge in [0.15, 0.2) is 0 Å². The molecule has 0 atom stereocenters. The summed E-state index contributed by atoms with van der Waals surface area (Å²) in [5.74, 6) is 0.267. The molecule has 5 heteroatoms. The van der Waals surface area contributed by atoms with Gasteiger partial charge in [0, 0.05) is 18.4 Å². The molecular weight excluding hydrogens is 288 g/mol. The van der Waals surface area contributed by atoms with Crippen molar-refractivity contribution in [3.8, 4) is 0 Å². The largest absolute Gasteiger partial charge is 0.351 e. The first kappa shape index (κ1) is 16.9. The lowest BCUT2D eigenvalue weighted by molar-refractivity contribution is 0.0948. The molecule has 0 saturated heterocycles. The fourth-order valence-electron chi connectivity index (χ4n) is 2.17. The first-order valence-corrected chi connectivity index (χ1v) is 8.20. The SMILES string of the molecule is CCCCCNC(=O)c1ccnc(Nc2ccc(CC)cc2)n1. The minimum atomic E-state index is -0.159. The Bertz CT molecular complexity index is 625. The Morgan fingerprint density at radius 3 is 2.57 bits per heavy atom. The Balaban J connectivity index is 1.96. The number of aryl methyl sites for hydroxylation is 1. The third-order valence-electron chi connectivity index (χ3n) is 3.57. The van der Waals surface area contributed by atoms with Gasteiger partial charge in [0.05, 0.1) is 0 Å². The second-order valence-corrected chi connectivity index (χ2v) is 5.40. The number of carbonyl (C=O) groups excluding carboxylic acids is 1. The molecular formula is C18H24N4O. The van der Waals surface area contributed by atoms with Gasteiger partial charge in [-0.2, -0.15) is 0 Å². The van der Waals surface area contributed by atoms with Crippen LogP contribution in [0.2, 0.25) is 0 Å². The summed E-state index contributed by atoms with van der Waals surface area (Å²) in [6, 6.07) is 9.72. The van der Waals surface area contributed by atoms with Crippen molar-refractivity contribution in [1.82, 2.24) is 15.3 Å². The number of aromatic nitrogens is 2. The molecule has 122 valence electrons. The molecule has 1 amide bonds. The number of nitrogens with zero attached hydrogens (tertiary/aromatic N) is 2. The zero-order valence-electron chi connectivity index (χ0n) is 13.8. The van der Waals surface area contributed by atoms with Crippen LogP contribution in [0.5, 0.6) is 0 Å². The maximum absolute atomic E-state index is 12.1. The van der Waals surface area contributed by atoms with Crippen LogP contribution in [0.4, 0.5) is 11.6 Å². The molecule has 1 aromatic carbocycles. The molecule has 0 fully saturated rings. The van der Waals surface area contributed by atoms with Crippen LogP contribution in [0.1, 0.15) is 49.2 Å². The van der Waals surface area contributed by atoms with Gasteiger partial charge in [-0.1, -0.05) is 38.8 Å². The molecule has 0 aliphatic carbocycles. The van der Waals surface area contributed by atoms with Gasteiger partial charge in [-0.3, -0.25) is 4.79 Å². The summed E-state index contributed by atoms with van der Waals surface area (Å²) in [5, 5.41) is 6.01. The third-order valence-corrected chi connectivity index (χ3v) is 3.57. The molecule has 1 aromatic heterocycles. The number of amides is 1. The summed E-state index contributed by atoms with van der Waals surface area (Å²) in [6.45, 7) is 4.93. The van der Waals surface area contributed by atoms with Gasteiger partial charge in [-0.25, -0.2) is 9.97 Å². The summed E-state index contributed by atoms with van der Waals surface area (Å²) in [6.07, 6.45) is 5.84. The molecule has 0 radical (unpaired) electrons. The third kappa shape index (κ3) is 5.36. The lowest BCUT2D eigenvalue weighted by Crippen LogP contribution is -2.25. The number of anilines is 2. The Morgan fingerprint density at radius 1 is 1.09 bits per heavy atom. The average Bonchev–Trinajstić information content (AvgIpc) is 2.59. The number of nitrogens with one attached hydrogen (secondary N) is 2. The van der Waals surface area contributed by atoms with Crippen LogP contribution in [0, 0.1) is 0 Å². The molecule has 5 nitrogen and oxygen atoms in total. The van der Waals surface area contributed by atoms with E-state index in [0.717, 1.165) is 31.4 Å². The van der Waals surface area contributed by atoms with Crippen molar-refractivity contribution >= 4 is 17.5 Å². The van der Waals surface area contributed by atoms with E-state index in [0.29, 0.717) is 18.2 Å². The Kier molecular flexibility index (Phi) is 6.54. The predicted octanol–water partition coefficient (Wildman–Crippen LogP) is 3.70. The molecule has 0 saturated carbocycles. The zero-order valence-corrected chi connectivity index (χ0v) is 13.8. The van der Waals surface area contributed by atoms with Crippen molar-refractivity contribution in [2.75, 3.05) is 11.9 Å². The van der Waals surface area contributed by atoms with Crippen molar-refractivity contribution in [3.05, 3.63) is 47.8 Å². The summed E-state index contributed by atoms with van der Waals surface area (Å²) in [7, 11) is 0. The first-order chi connectivity index (χ1) is 11.2. The molecule has 2 aromatic rings. The number of unbranched alkanes of at least 4 members (excludes halogenated alkanes) is 2. The Hall–Kier alpha value is -2.43. The highest BCUT2D eigenvalue weighted by atomic mass is 16.1. The second kappa shape index (κ2) is 8.88. The van der Waals surface area contributed by atoms with Crippen LogP contribution in [0.15, 0.2) is 36.5 Å². The quantitative estimate of drug-likeness (QED) is 0.729. The molecule has 0 bridgehead atoms. The maximum atomic E-state index is 12.1. The first-order valence-electron chi connectivity index (χ1n) is 8.20. The van der Waals surface area contributed by atoms with Crippen LogP contribution >= 0.6 is 0 Å². The number of hydrogen-bond acceptors (Lipinski definition) is 4. The van der Waals surface area contributed by atoms with Crippen LogP contribution in [-0.4, -0.2) is 22.4 Å².